The number of fused-ring (bicyclic) bond motifs is 1. The van der Waals surface area contributed by atoms with Gasteiger partial charge in [0.2, 0.25) is 5.17 Å². The second-order valence-electron chi connectivity index (χ2n) is 6.59. The lowest BCUT2D eigenvalue weighted by Crippen LogP contribution is -2.35. The number of rotatable bonds is 4. The van der Waals surface area contributed by atoms with Crippen LogP contribution in [-0.4, -0.2) is 31.9 Å². The highest BCUT2D eigenvalue weighted by Gasteiger charge is 2.36. The zero-order valence-corrected chi connectivity index (χ0v) is 16.3. The molecule has 0 fully saturated rings. The van der Waals surface area contributed by atoms with Crippen molar-refractivity contribution in [1.82, 2.24) is 5.01 Å². The Balaban J connectivity index is 1.68. The summed E-state index contributed by atoms with van der Waals surface area (Å²) in [4.78, 5) is 27.2. The first kappa shape index (κ1) is 18.8. The summed E-state index contributed by atoms with van der Waals surface area (Å²) in [5.41, 5.74) is 0.280. The normalized spacial score (nSPS) is 17.6. The predicted molar refractivity (Wildman–Crippen MR) is 111 cm³/mol. The lowest BCUT2D eigenvalue weighted by Gasteiger charge is -2.19. The molecule has 2 aromatic rings. The third kappa shape index (κ3) is 3.38. The van der Waals surface area contributed by atoms with Crippen molar-refractivity contribution in [2.24, 2.45) is 16.0 Å². The van der Waals surface area contributed by atoms with Crippen LogP contribution in [0.2, 0.25) is 0 Å². The molecule has 0 aliphatic carbocycles. The van der Waals surface area contributed by atoms with Crippen LogP contribution in [0.15, 0.2) is 56.5 Å². The zero-order valence-electron chi connectivity index (χ0n) is 15.4. The van der Waals surface area contributed by atoms with E-state index in [1.807, 2.05) is 13.8 Å². The average Bonchev–Trinajstić information content (AvgIpc) is 3.32. The summed E-state index contributed by atoms with van der Waals surface area (Å²) in [6.07, 6.45) is 1.40. The molecule has 0 saturated carbocycles. The molecule has 0 bridgehead atoms. The van der Waals surface area contributed by atoms with Crippen molar-refractivity contribution in [3.8, 4) is 11.3 Å². The van der Waals surface area contributed by atoms with Crippen molar-refractivity contribution in [3.63, 3.8) is 0 Å². The van der Waals surface area contributed by atoms with Crippen LogP contribution in [0.3, 0.4) is 0 Å². The molecule has 0 radical (unpaired) electrons. The van der Waals surface area contributed by atoms with Gasteiger partial charge in [0.15, 0.2) is 5.84 Å². The summed E-state index contributed by atoms with van der Waals surface area (Å²) in [6.45, 7) is 3.94. The van der Waals surface area contributed by atoms with E-state index in [-0.39, 0.29) is 28.8 Å². The van der Waals surface area contributed by atoms with Gasteiger partial charge in [0.05, 0.1) is 16.1 Å². The number of hydrogen-bond acceptors (Lipinski definition) is 7. The molecule has 0 atom stereocenters. The first-order chi connectivity index (χ1) is 13.8. The number of nitrogens with one attached hydrogen (secondary N) is 1. The first-order valence-corrected chi connectivity index (χ1v) is 9.50. The number of thioether (sulfide) groups is 1. The largest absolute Gasteiger partial charge is 0.456 e. The van der Waals surface area contributed by atoms with Gasteiger partial charge in [-0.25, -0.2) is 0 Å². The fourth-order valence-electron chi connectivity index (χ4n) is 2.80. The Morgan fingerprint density at radius 1 is 1.28 bits per heavy atom. The molecule has 1 amide bonds. The number of carbonyl (C=O) groups excluding carboxylic acids is 1. The van der Waals surface area contributed by atoms with E-state index in [2.05, 4.69) is 10.1 Å². The van der Waals surface area contributed by atoms with E-state index in [0.29, 0.717) is 16.5 Å². The average molecular weight is 409 g/mol. The molecule has 29 heavy (non-hydrogen) atoms. The molecular weight excluding hydrogens is 394 g/mol. The van der Waals surface area contributed by atoms with Crippen LogP contribution in [0, 0.1) is 21.4 Å². The number of para-hydroxylation sites is 1. The van der Waals surface area contributed by atoms with Crippen LogP contribution in [0.5, 0.6) is 0 Å². The van der Waals surface area contributed by atoms with Gasteiger partial charge in [-0.15, -0.1) is 0 Å². The smallest absolute Gasteiger partial charge is 0.283 e. The summed E-state index contributed by atoms with van der Waals surface area (Å²) in [5.74, 6) is 0.0760. The van der Waals surface area contributed by atoms with Gasteiger partial charge in [-0.2, -0.15) is 15.1 Å². The van der Waals surface area contributed by atoms with Gasteiger partial charge in [0.1, 0.15) is 16.6 Å². The highest BCUT2D eigenvalue weighted by molar-refractivity contribution is 8.27. The van der Waals surface area contributed by atoms with Crippen LogP contribution < -0.4 is 0 Å². The fraction of sp³-hybridized carbons (Fsp3) is 0.158. The zero-order chi connectivity index (χ0) is 20.7. The number of benzene rings is 1. The number of hydrazone groups is 1. The van der Waals surface area contributed by atoms with E-state index < -0.39 is 10.8 Å². The number of nitro benzene ring substituents is 1. The Labute approximate surface area is 169 Å². The number of furan rings is 1. The highest BCUT2D eigenvalue weighted by atomic mass is 32.2. The van der Waals surface area contributed by atoms with Crippen LogP contribution in [0.4, 0.5) is 5.69 Å². The molecule has 0 saturated heterocycles. The third-order valence-electron chi connectivity index (χ3n) is 4.24. The Bertz CT molecular complexity index is 1140. The van der Waals surface area contributed by atoms with Crippen LogP contribution >= 0.6 is 11.8 Å². The van der Waals surface area contributed by atoms with Crippen molar-refractivity contribution < 1.29 is 14.1 Å². The molecule has 4 rings (SSSR count). The summed E-state index contributed by atoms with van der Waals surface area (Å²) in [5, 5.41) is 26.4. The van der Waals surface area contributed by atoms with Gasteiger partial charge >= 0.3 is 0 Å². The highest BCUT2D eigenvalue weighted by Crippen LogP contribution is 2.33. The standard InChI is InChI=1S/C19H15N5O4S/c1-10(2)18-22-23-16(20)13(17(25)21-19(23)29-18)9-11-7-8-15(28-11)12-5-3-4-6-14(12)24(26)27/h3-10,20H,1-2H3. The van der Waals surface area contributed by atoms with E-state index in [1.165, 1.54) is 28.9 Å². The lowest BCUT2D eigenvalue weighted by molar-refractivity contribution is -0.384. The van der Waals surface area contributed by atoms with Crippen molar-refractivity contribution in [2.75, 3.05) is 0 Å². The van der Waals surface area contributed by atoms with Gasteiger partial charge in [0, 0.05) is 12.0 Å². The van der Waals surface area contributed by atoms with Crippen LogP contribution in [0.25, 0.3) is 17.4 Å². The second-order valence-corrected chi connectivity index (χ2v) is 7.58. The van der Waals surface area contributed by atoms with Gasteiger partial charge in [-0.05, 0) is 36.0 Å². The molecule has 2 aliphatic rings. The number of nitrogens with zero attached hydrogens (tertiary/aromatic N) is 4. The van der Waals surface area contributed by atoms with Crippen molar-refractivity contribution in [1.29, 1.82) is 5.41 Å². The number of amides is 1. The molecule has 2 aliphatic heterocycles. The second kappa shape index (κ2) is 7.13. The molecule has 0 spiro atoms. The summed E-state index contributed by atoms with van der Waals surface area (Å²) < 4.78 is 5.69. The topological polar surface area (TPSA) is 125 Å². The third-order valence-corrected chi connectivity index (χ3v) is 5.45. The SMILES string of the molecule is CC(C)C1=NN2C(=N)C(=Cc3ccc(-c4ccccc4[N+](=O)[O-])o3)C(=O)N=C2S1. The minimum Gasteiger partial charge on any atom is -0.456 e. The summed E-state index contributed by atoms with van der Waals surface area (Å²) in [6, 6.07) is 9.39. The quantitative estimate of drug-likeness (QED) is 0.460. The number of amidine groups is 2. The Hall–Kier alpha value is -3.53. The van der Waals surface area contributed by atoms with Crippen molar-refractivity contribution in [3.05, 3.63) is 57.8 Å². The van der Waals surface area contributed by atoms with Crippen LogP contribution in [0.1, 0.15) is 19.6 Å². The summed E-state index contributed by atoms with van der Waals surface area (Å²) in [7, 11) is 0. The Morgan fingerprint density at radius 3 is 2.76 bits per heavy atom. The molecule has 1 aromatic carbocycles. The Morgan fingerprint density at radius 2 is 2.03 bits per heavy atom. The fourth-order valence-corrected chi connectivity index (χ4v) is 3.69. The van der Waals surface area contributed by atoms with Gasteiger partial charge in [0.25, 0.3) is 11.6 Å². The predicted octanol–water partition coefficient (Wildman–Crippen LogP) is 4.13. The van der Waals surface area contributed by atoms with Gasteiger partial charge in [-0.3, -0.25) is 20.3 Å². The Kier molecular flexibility index (Phi) is 4.63. The van der Waals surface area contributed by atoms with E-state index in [0.717, 1.165) is 5.04 Å². The molecular formula is C19H15N5O4S. The van der Waals surface area contributed by atoms with E-state index in [1.54, 1.807) is 30.3 Å². The van der Waals surface area contributed by atoms with E-state index in [4.69, 9.17) is 9.83 Å². The molecule has 1 N–H and O–H groups in total. The number of nitro groups is 1. The molecule has 146 valence electrons. The number of aliphatic imine (C=N–C) groups is 1. The summed E-state index contributed by atoms with van der Waals surface area (Å²) >= 11 is 1.27. The maximum absolute atomic E-state index is 12.4. The molecule has 10 heteroatoms. The maximum Gasteiger partial charge on any atom is 0.283 e. The first-order valence-electron chi connectivity index (χ1n) is 8.69. The van der Waals surface area contributed by atoms with E-state index in [9.17, 15) is 14.9 Å². The van der Waals surface area contributed by atoms with E-state index >= 15 is 0 Å². The van der Waals surface area contributed by atoms with Crippen molar-refractivity contribution >= 4 is 45.5 Å². The molecule has 9 nitrogen and oxygen atoms in total. The molecule has 0 unspecified atom stereocenters. The number of hydrogen-bond donors (Lipinski definition) is 1. The monoisotopic (exact) mass is 409 g/mol. The van der Waals surface area contributed by atoms with Crippen molar-refractivity contribution in [2.45, 2.75) is 13.8 Å². The van der Waals surface area contributed by atoms with Crippen LogP contribution in [-0.2, 0) is 4.79 Å². The minimum atomic E-state index is -0.558. The maximum atomic E-state index is 12.4. The molecule has 1 aromatic heterocycles. The lowest BCUT2D eigenvalue weighted by atomic mass is 10.1. The molecule has 3 heterocycles. The van der Waals surface area contributed by atoms with Gasteiger partial charge < -0.3 is 4.42 Å². The minimum absolute atomic E-state index is 0.0339. The van der Waals surface area contributed by atoms with Gasteiger partial charge in [-0.1, -0.05) is 26.0 Å². The number of carbonyl (C=O) groups is 1.